The molecule has 1 aromatic carbocycles. The Labute approximate surface area is 166 Å². The monoisotopic (exact) mass is 409 g/mol. The van der Waals surface area contributed by atoms with Gasteiger partial charge in [-0.1, -0.05) is 66.8 Å². The van der Waals surface area contributed by atoms with E-state index < -0.39 is 0 Å². The molecule has 0 bridgehead atoms. The molecule has 0 aliphatic heterocycles. The van der Waals surface area contributed by atoms with E-state index in [9.17, 15) is 9.59 Å². The molecule has 0 saturated heterocycles. The van der Waals surface area contributed by atoms with E-state index in [2.05, 4.69) is 15.5 Å². The number of thioether (sulfide) groups is 1. The molecule has 0 fully saturated rings. The molecular formula is C18H23N3O4S2. The predicted octanol–water partition coefficient (Wildman–Crippen LogP) is 3.52. The van der Waals surface area contributed by atoms with Crippen molar-refractivity contribution in [3.05, 3.63) is 35.9 Å². The zero-order chi connectivity index (χ0) is 19.5. The predicted molar refractivity (Wildman–Crippen MR) is 106 cm³/mol. The standard InChI is InChI=1S/C18H23N3O4S2/c1-3-8-14(16(23)25-4-2)26-18-21-20-17(27-18)19-15(22)12-24-11-13-9-6-5-7-10-13/h5-7,9-10,14H,3-4,8,11-12H2,1-2H3,(H,19,20,22). The van der Waals surface area contributed by atoms with Crippen molar-refractivity contribution in [2.24, 2.45) is 0 Å². The lowest BCUT2D eigenvalue weighted by atomic mass is 10.2. The summed E-state index contributed by atoms with van der Waals surface area (Å²) in [5.74, 6) is -0.548. The molecule has 1 heterocycles. The maximum Gasteiger partial charge on any atom is 0.319 e. The number of esters is 1. The molecular weight excluding hydrogens is 386 g/mol. The fraction of sp³-hybridized carbons (Fsp3) is 0.444. The summed E-state index contributed by atoms with van der Waals surface area (Å²) < 4.78 is 11.1. The summed E-state index contributed by atoms with van der Waals surface area (Å²) in [7, 11) is 0. The first-order valence-corrected chi connectivity index (χ1v) is 10.4. The Morgan fingerprint density at radius 3 is 2.70 bits per heavy atom. The van der Waals surface area contributed by atoms with Gasteiger partial charge in [0.05, 0.1) is 13.2 Å². The molecule has 0 aliphatic carbocycles. The average molecular weight is 410 g/mol. The van der Waals surface area contributed by atoms with Crippen LogP contribution in [0.5, 0.6) is 0 Å². The zero-order valence-electron chi connectivity index (χ0n) is 15.3. The molecule has 2 rings (SSSR count). The summed E-state index contributed by atoms with van der Waals surface area (Å²) in [6, 6.07) is 9.63. The number of carbonyl (C=O) groups excluding carboxylic acids is 2. The third kappa shape index (κ3) is 7.66. The van der Waals surface area contributed by atoms with Gasteiger partial charge in [0.2, 0.25) is 5.13 Å². The molecule has 27 heavy (non-hydrogen) atoms. The van der Waals surface area contributed by atoms with Gasteiger partial charge in [-0.25, -0.2) is 0 Å². The summed E-state index contributed by atoms with van der Waals surface area (Å²) in [4.78, 5) is 23.9. The fourth-order valence-corrected chi connectivity index (χ4v) is 4.26. The number of aromatic nitrogens is 2. The first-order chi connectivity index (χ1) is 13.1. The number of nitrogens with one attached hydrogen (secondary N) is 1. The first-order valence-electron chi connectivity index (χ1n) is 8.70. The van der Waals surface area contributed by atoms with Gasteiger partial charge >= 0.3 is 5.97 Å². The number of rotatable bonds is 11. The van der Waals surface area contributed by atoms with E-state index in [4.69, 9.17) is 9.47 Å². The maximum atomic E-state index is 12.0. The Morgan fingerprint density at radius 2 is 2.00 bits per heavy atom. The van der Waals surface area contributed by atoms with E-state index >= 15 is 0 Å². The third-order valence-corrected chi connectivity index (χ3v) is 5.51. The van der Waals surface area contributed by atoms with Crippen LogP contribution in [0, 0.1) is 0 Å². The quantitative estimate of drug-likeness (QED) is 0.345. The second-order valence-electron chi connectivity index (χ2n) is 5.55. The molecule has 1 atom stereocenters. The second kappa shape index (κ2) is 11.7. The van der Waals surface area contributed by atoms with Crippen molar-refractivity contribution in [1.82, 2.24) is 10.2 Å². The van der Waals surface area contributed by atoms with E-state index in [0.717, 1.165) is 12.0 Å². The van der Waals surface area contributed by atoms with Gasteiger partial charge in [0.25, 0.3) is 5.91 Å². The summed E-state index contributed by atoms with van der Waals surface area (Å²) in [6.07, 6.45) is 1.55. The highest BCUT2D eigenvalue weighted by Crippen LogP contribution is 2.31. The molecule has 0 saturated carbocycles. The molecule has 1 aromatic heterocycles. The highest BCUT2D eigenvalue weighted by atomic mass is 32.2. The van der Waals surface area contributed by atoms with E-state index in [1.165, 1.54) is 23.1 Å². The van der Waals surface area contributed by atoms with Crippen LogP contribution in [0.15, 0.2) is 34.7 Å². The molecule has 9 heteroatoms. The van der Waals surface area contributed by atoms with Crippen LogP contribution in [0.4, 0.5) is 5.13 Å². The van der Waals surface area contributed by atoms with Crippen molar-refractivity contribution in [3.63, 3.8) is 0 Å². The van der Waals surface area contributed by atoms with Crippen LogP contribution in [-0.4, -0.2) is 40.5 Å². The smallest absolute Gasteiger partial charge is 0.319 e. The van der Waals surface area contributed by atoms with E-state index in [1.54, 1.807) is 6.92 Å². The van der Waals surface area contributed by atoms with Gasteiger partial charge in [-0.3, -0.25) is 14.9 Å². The van der Waals surface area contributed by atoms with Crippen molar-refractivity contribution < 1.29 is 19.1 Å². The molecule has 146 valence electrons. The number of ether oxygens (including phenoxy) is 2. The molecule has 0 aliphatic rings. The van der Waals surface area contributed by atoms with Crippen LogP contribution in [0.1, 0.15) is 32.3 Å². The summed E-state index contributed by atoms with van der Waals surface area (Å²) in [5, 5.41) is 10.7. The lowest BCUT2D eigenvalue weighted by Crippen LogP contribution is -2.20. The van der Waals surface area contributed by atoms with Gasteiger partial charge in [-0.05, 0) is 18.9 Å². The number of carbonyl (C=O) groups is 2. The largest absolute Gasteiger partial charge is 0.465 e. The zero-order valence-corrected chi connectivity index (χ0v) is 17.0. The lowest BCUT2D eigenvalue weighted by molar-refractivity contribution is -0.142. The molecule has 0 radical (unpaired) electrons. The van der Waals surface area contributed by atoms with Crippen molar-refractivity contribution in [2.75, 3.05) is 18.5 Å². The Hall–Kier alpha value is -1.97. The minimum absolute atomic E-state index is 0.0712. The molecule has 1 amide bonds. The van der Waals surface area contributed by atoms with Crippen LogP contribution >= 0.6 is 23.1 Å². The normalized spacial score (nSPS) is 11.8. The molecule has 1 unspecified atom stereocenters. The Balaban J connectivity index is 1.80. The van der Waals surface area contributed by atoms with Gasteiger partial charge in [-0.2, -0.15) is 0 Å². The Morgan fingerprint density at radius 1 is 1.22 bits per heavy atom. The SMILES string of the molecule is CCCC(Sc1nnc(NC(=O)COCc2ccccc2)s1)C(=O)OCC. The maximum absolute atomic E-state index is 12.0. The van der Waals surface area contributed by atoms with Crippen molar-refractivity contribution >= 4 is 40.1 Å². The minimum Gasteiger partial charge on any atom is -0.465 e. The van der Waals surface area contributed by atoms with Crippen molar-refractivity contribution in [3.8, 4) is 0 Å². The van der Waals surface area contributed by atoms with Gasteiger partial charge in [0.1, 0.15) is 11.9 Å². The highest BCUT2D eigenvalue weighted by Gasteiger charge is 2.22. The number of benzene rings is 1. The molecule has 1 N–H and O–H groups in total. The van der Waals surface area contributed by atoms with E-state index in [1.807, 2.05) is 37.3 Å². The topological polar surface area (TPSA) is 90.4 Å². The van der Waals surface area contributed by atoms with Gasteiger partial charge in [-0.15, -0.1) is 10.2 Å². The van der Waals surface area contributed by atoms with Crippen LogP contribution in [0.25, 0.3) is 0 Å². The average Bonchev–Trinajstić information content (AvgIpc) is 3.09. The fourth-order valence-electron chi connectivity index (χ4n) is 2.14. The third-order valence-electron chi connectivity index (χ3n) is 3.34. The first kappa shape index (κ1) is 21.3. The molecule has 7 nitrogen and oxygen atoms in total. The second-order valence-corrected chi connectivity index (χ2v) is 7.97. The summed E-state index contributed by atoms with van der Waals surface area (Å²) in [6.45, 7) is 4.43. The lowest BCUT2D eigenvalue weighted by Gasteiger charge is -2.11. The van der Waals surface area contributed by atoms with Gasteiger partial charge < -0.3 is 9.47 Å². The Kier molecular flexibility index (Phi) is 9.23. The number of amides is 1. The van der Waals surface area contributed by atoms with Gasteiger partial charge in [0.15, 0.2) is 4.34 Å². The van der Waals surface area contributed by atoms with Crippen LogP contribution in [0.3, 0.4) is 0 Å². The van der Waals surface area contributed by atoms with Gasteiger partial charge in [0, 0.05) is 0 Å². The molecule has 0 spiro atoms. The molecule has 2 aromatic rings. The van der Waals surface area contributed by atoms with Crippen molar-refractivity contribution in [2.45, 2.75) is 42.9 Å². The van der Waals surface area contributed by atoms with Crippen LogP contribution < -0.4 is 5.32 Å². The highest BCUT2D eigenvalue weighted by molar-refractivity contribution is 8.02. The van der Waals surface area contributed by atoms with Crippen LogP contribution in [0.2, 0.25) is 0 Å². The number of anilines is 1. The van der Waals surface area contributed by atoms with Crippen molar-refractivity contribution in [1.29, 1.82) is 0 Å². The Bertz CT molecular complexity index is 724. The minimum atomic E-state index is -0.319. The number of nitrogens with zero attached hydrogens (tertiary/aromatic N) is 2. The summed E-state index contributed by atoms with van der Waals surface area (Å²) in [5.41, 5.74) is 1.00. The van der Waals surface area contributed by atoms with Crippen LogP contribution in [-0.2, 0) is 25.7 Å². The van der Waals surface area contributed by atoms with E-state index in [0.29, 0.717) is 29.1 Å². The number of hydrogen-bond donors (Lipinski definition) is 1. The summed E-state index contributed by atoms with van der Waals surface area (Å²) >= 11 is 2.54. The number of hydrogen-bond acceptors (Lipinski definition) is 8. The van der Waals surface area contributed by atoms with E-state index in [-0.39, 0.29) is 23.7 Å².